The molecule has 0 radical (unpaired) electrons. The molecule has 5 nitrogen and oxygen atoms in total. The smallest absolute Gasteiger partial charge is 0.268 e. The first-order chi connectivity index (χ1) is 14.6. The molecule has 2 aromatic heterocycles. The summed E-state index contributed by atoms with van der Waals surface area (Å²) in [6, 6.07) is 25.5. The summed E-state index contributed by atoms with van der Waals surface area (Å²) in [7, 11) is 0. The van der Waals surface area contributed by atoms with Gasteiger partial charge in [0.25, 0.3) is 5.56 Å². The first kappa shape index (κ1) is 18.1. The fourth-order valence-corrected chi connectivity index (χ4v) is 3.83. The number of aromatic amines is 1. The van der Waals surface area contributed by atoms with Crippen LogP contribution in [0.1, 0.15) is 11.1 Å². The minimum Gasteiger partial charge on any atom is -0.268 e. The molecule has 3 aromatic carbocycles. The summed E-state index contributed by atoms with van der Waals surface area (Å²) in [6.07, 6.45) is 0. The zero-order valence-corrected chi connectivity index (χ0v) is 16.8. The van der Waals surface area contributed by atoms with Crippen LogP contribution in [0.25, 0.3) is 39.4 Å². The highest BCUT2D eigenvalue weighted by Gasteiger charge is 2.21. The van der Waals surface area contributed by atoms with Crippen LogP contribution in [0.4, 0.5) is 0 Å². The molecule has 0 saturated heterocycles. The van der Waals surface area contributed by atoms with Crippen LogP contribution in [0.5, 0.6) is 0 Å². The summed E-state index contributed by atoms with van der Waals surface area (Å²) < 4.78 is 1.71. The normalized spacial score (nSPS) is 11.1. The molecule has 0 spiro atoms. The number of nitrogens with zero attached hydrogens (tertiary/aromatic N) is 3. The molecule has 0 unspecified atom stereocenters. The first-order valence-electron chi connectivity index (χ1n) is 9.83. The van der Waals surface area contributed by atoms with Crippen molar-refractivity contribution in [2.24, 2.45) is 0 Å². The Bertz CT molecular complexity index is 1430. The van der Waals surface area contributed by atoms with E-state index in [1.165, 1.54) is 0 Å². The molecule has 0 amide bonds. The molecule has 0 saturated carbocycles. The monoisotopic (exact) mass is 392 g/mol. The lowest BCUT2D eigenvalue weighted by Gasteiger charge is -2.16. The molecular weight excluding hydrogens is 372 g/mol. The second-order valence-corrected chi connectivity index (χ2v) is 7.34. The highest BCUT2D eigenvalue weighted by molar-refractivity contribution is 5.91. The van der Waals surface area contributed by atoms with Gasteiger partial charge in [-0.1, -0.05) is 72.8 Å². The number of aryl methyl sites for hydroxylation is 2. The Morgan fingerprint density at radius 2 is 1.47 bits per heavy atom. The van der Waals surface area contributed by atoms with Crippen molar-refractivity contribution in [3.8, 4) is 28.3 Å². The molecule has 146 valence electrons. The maximum Gasteiger partial charge on any atom is 0.270 e. The number of aromatic nitrogens is 4. The van der Waals surface area contributed by atoms with E-state index in [1.807, 2.05) is 92.7 Å². The van der Waals surface area contributed by atoms with Gasteiger partial charge in [0, 0.05) is 11.1 Å². The summed E-state index contributed by atoms with van der Waals surface area (Å²) in [4.78, 5) is 18.8. The van der Waals surface area contributed by atoms with Crippen molar-refractivity contribution < 1.29 is 0 Å². The molecule has 0 aliphatic heterocycles. The number of hydrogen-bond donors (Lipinski definition) is 1. The molecule has 2 heterocycles. The van der Waals surface area contributed by atoms with E-state index in [2.05, 4.69) is 10.2 Å². The minimum absolute atomic E-state index is 0.139. The maximum absolute atomic E-state index is 13.9. The summed E-state index contributed by atoms with van der Waals surface area (Å²) in [5.41, 5.74) is 5.62. The number of H-pyrrole nitrogens is 1. The van der Waals surface area contributed by atoms with Crippen molar-refractivity contribution in [3.63, 3.8) is 0 Å². The molecule has 0 bridgehead atoms. The van der Waals surface area contributed by atoms with Crippen molar-refractivity contribution in [1.29, 1.82) is 0 Å². The highest BCUT2D eigenvalue weighted by Crippen LogP contribution is 2.28. The molecule has 30 heavy (non-hydrogen) atoms. The van der Waals surface area contributed by atoms with Crippen LogP contribution in [0.15, 0.2) is 83.7 Å². The Morgan fingerprint density at radius 3 is 2.20 bits per heavy atom. The molecule has 0 fully saturated rings. The van der Waals surface area contributed by atoms with Gasteiger partial charge < -0.3 is 0 Å². The lowest BCUT2D eigenvalue weighted by atomic mass is 10.1. The van der Waals surface area contributed by atoms with E-state index in [9.17, 15) is 4.79 Å². The SMILES string of the molecule is Cc1ccccc1-c1nc2[nH]nc(-c3ccccc3)c2c(=O)n1-c1ccccc1C. The zero-order chi connectivity index (χ0) is 20.7. The van der Waals surface area contributed by atoms with E-state index in [0.29, 0.717) is 22.6 Å². The van der Waals surface area contributed by atoms with Crippen molar-refractivity contribution in [3.05, 3.63) is 100 Å². The van der Waals surface area contributed by atoms with Gasteiger partial charge in [-0.25, -0.2) is 4.98 Å². The quantitative estimate of drug-likeness (QED) is 0.467. The maximum atomic E-state index is 13.9. The third-order valence-corrected chi connectivity index (χ3v) is 5.38. The van der Waals surface area contributed by atoms with Gasteiger partial charge in [0.05, 0.1) is 5.69 Å². The van der Waals surface area contributed by atoms with Gasteiger partial charge in [-0.05, 0) is 31.0 Å². The van der Waals surface area contributed by atoms with Crippen molar-refractivity contribution >= 4 is 11.0 Å². The van der Waals surface area contributed by atoms with Crippen LogP contribution < -0.4 is 5.56 Å². The second kappa shape index (κ2) is 7.12. The third-order valence-electron chi connectivity index (χ3n) is 5.38. The molecular formula is C25H20N4O. The van der Waals surface area contributed by atoms with Crippen molar-refractivity contribution in [1.82, 2.24) is 19.7 Å². The van der Waals surface area contributed by atoms with Crippen LogP contribution >= 0.6 is 0 Å². The Labute approximate surface area is 173 Å². The Kier molecular flexibility index (Phi) is 4.29. The molecule has 0 aliphatic rings. The van der Waals surface area contributed by atoms with Crippen molar-refractivity contribution in [2.75, 3.05) is 0 Å². The van der Waals surface area contributed by atoms with E-state index < -0.39 is 0 Å². The van der Waals surface area contributed by atoms with Crippen LogP contribution in [0.2, 0.25) is 0 Å². The Morgan fingerprint density at radius 1 is 0.800 bits per heavy atom. The van der Waals surface area contributed by atoms with Crippen LogP contribution in [-0.2, 0) is 0 Å². The predicted molar refractivity (Wildman–Crippen MR) is 120 cm³/mol. The molecule has 5 heteroatoms. The van der Waals surface area contributed by atoms with Crippen LogP contribution in [0, 0.1) is 13.8 Å². The molecule has 5 aromatic rings. The van der Waals surface area contributed by atoms with E-state index >= 15 is 0 Å². The predicted octanol–water partition coefficient (Wildman–Crippen LogP) is 5.06. The van der Waals surface area contributed by atoms with Gasteiger partial charge in [-0.2, -0.15) is 5.10 Å². The average Bonchev–Trinajstić information content (AvgIpc) is 3.20. The molecule has 1 N–H and O–H groups in total. The van der Waals surface area contributed by atoms with Gasteiger partial charge in [-0.3, -0.25) is 14.5 Å². The lowest BCUT2D eigenvalue weighted by Crippen LogP contribution is -2.23. The number of nitrogens with one attached hydrogen (secondary N) is 1. The summed E-state index contributed by atoms with van der Waals surface area (Å²) in [5.74, 6) is 0.600. The average molecular weight is 392 g/mol. The van der Waals surface area contributed by atoms with E-state index in [1.54, 1.807) is 4.57 Å². The van der Waals surface area contributed by atoms with E-state index in [0.717, 1.165) is 27.9 Å². The van der Waals surface area contributed by atoms with Crippen LogP contribution in [-0.4, -0.2) is 19.7 Å². The standard InChI is InChI=1S/C25H20N4O/c1-16-10-6-8-14-19(16)24-26-23-21(22(27-28-23)18-12-4-3-5-13-18)25(30)29(24)20-15-9-7-11-17(20)2/h3-15H,1-2H3,(H,27,28). The van der Waals surface area contributed by atoms with Crippen molar-refractivity contribution in [2.45, 2.75) is 13.8 Å². The number of fused-ring (bicyclic) bond motifs is 1. The molecule has 0 aliphatic carbocycles. The van der Waals surface area contributed by atoms with Gasteiger partial charge in [0.2, 0.25) is 0 Å². The number of benzene rings is 3. The first-order valence-corrected chi connectivity index (χ1v) is 9.83. The number of rotatable bonds is 3. The largest absolute Gasteiger partial charge is 0.270 e. The molecule has 0 atom stereocenters. The second-order valence-electron chi connectivity index (χ2n) is 7.34. The van der Waals surface area contributed by atoms with Gasteiger partial charge in [0.1, 0.15) is 16.9 Å². The summed E-state index contributed by atoms with van der Waals surface area (Å²) >= 11 is 0. The van der Waals surface area contributed by atoms with Gasteiger partial charge >= 0.3 is 0 Å². The number of hydrogen-bond acceptors (Lipinski definition) is 3. The Hall–Kier alpha value is -3.99. The summed E-state index contributed by atoms with van der Waals surface area (Å²) in [6.45, 7) is 4.03. The molecule has 5 rings (SSSR count). The van der Waals surface area contributed by atoms with Gasteiger partial charge in [0.15, 0.2) is 5.65 Å². The lowest BCUT2D eigenvalue weighted by molar-refractivity contribution is 0.958. The fraction of sp³-hybridized carbons (Fsp3) is 0.0800. The topological polar surface area (TPSA) is 63.6 Å². The van der Waals surface area contributed by atoms with Crippen LogP contribution in [0.3, 0.4) is 0 Å². The summed E-state index contributed by atoms with van der Waals surface area (Å²) in [5, 5.41) is 7.90. The zero-order valence-electron chi connectivity index (χ0n) is 16.8. The number of para-hydroxylation sites is 1. The third kappa shape index (κ3) is 2.83. The Balaban J connectivity index is 1.92. The minimum atomic E-state index is -0.139. The van der Waals surface area contributed by atoms with E-state index in [-0.39, 0.29) is 5.56 Å². The van der Waals surface area contributed by atoms with Gasteiger partial charge in [-0.15, -0.1) is 0 Å². The fourth-order valence-electron chi connectivity index (χ4n) is 3.83. The highest BCUT2D eigenvalue weighted by atomic mass is 16.1. The van der Waals surface area contributed by atoms with E-state index in [4.69, 9.17) is 4.98 Å².